The molecule has 3 rings (SSSR count). The molecule has 0 saturated carbocycles. The minimum atomic E-state index is 0.415. The van der Waals surface area contributed by atoms with E-state index in [4.69, 9.17) is 4.74 Å². The second-order valence-electron chi connectivity index (χ2n) is 10.2. The van der Waals surface area contributed by atoms with E-state index in [1.54, 1.807) is 16.7 Å². The van der Waals surface area contributed by atoms with Crippen LogP contribution in [0.25, 0.3) is 5.57 Å². The molecule has 0 bridgehead atoms. The zero-order valence-corrected chi connectivity index (χ0v) is 20.9. The smallest absolute Gasteiger partial charge is 0.127 e. The summed E-state index contributed by atoms with van der Waals surface area (Å²) in [6.45, 7) is 18.2. The summed E-state index contributed by atoms with van der Waals surface area (Å²) in [6, 6.07) is 11.4. The van der Waals surface area contributed by atoms with Crippen LogP contribution in [0.1, 0.15) is 86.8 Å². The normalized spacial score (nSPS) is 14.6. The number of fused-ring (bicyclic) bond motifs is 1. The lowest BCUT2D eigenvalue weighted by Gasteiger charge is -2.33. The standard InChI is InChI=1S/C31H42O/c1-7-10-11-24-13-17-27(30(21-24)32-20-8-2)23(4)12-16-28-25(9-3)14-15-26-22-31(5,6)19-18-29(26)28/h8,13-15,17,21H,2,4,7,9-12,16,18-20,22H2,1,3,5-6H3. The molecule has 0 unspecified atom stereocenters. The van der Waals surface area contributed by atoms with Gasteiger partial charge in [-0.3, -0.25) is 0 Å². The maximum absolute atomic E-state index is 6.06. The third-order valence-electron chi connectivity index (χ3n) is 7.01. The molecule has 0 radical (unpaired) electrons. The van der Waals surface area contributed by atoms with Gasteiger partial charge in [-0.25, -0.2) is 0 Å². The number of allylic oxidation sites excluding steroid dienone is 1. The lowest BCUT2D eigenvalue weighted by molar-refractivity contribution is 0.314. The fraction of sp³-hybridized carbons (Fsp3) is 0.484. The fourth-order valence-electron chi connectivity index (χ4n) is 5.05. The van der Waals surface area contributed by atoms with Crippen molar-refractivity contribution in [3.05, 3.63) is 82.9 Å². The first-order chi connectivity index (χ1) is 15.4. The lowest BCUT2D eigenvalue weighted by Crippen LogP contribution is -2.23. The summed E-state index contributed by atoms with van der Waals surface area (Å²) in [4.78, 5) is 0. The zero-order valence-electron chi connectivity index (χ0n) is 20.9. The highest BCUT2D eigenvalue weighted by atomic mass is 16.5. The van der Waals surface area contributed by atoms with Crippen molar-refractivity contribution < 1.29 is 4.74 Å². The molecule has 0 N–H and O–H groups in total. The third-order valence-corrected chi connectivity index (χ3v) is 7.01. The van der Waals surface area contributed by atoms with E-state index in [2.05, 4.69) is 71.2 Å². The Bertz CT molecular complexity index is 947. The largest absolute Gasteiger partial charge is 0.489 e. The van der Waals surface area contributed by atoms with Crippen LogP contribution in [0.15, 0.2) is 49.6 Å². The molecule has 0 saturated heterocycles. The number of ether oxygens (including phenoxy) is 1. The van der Waals surface area contributed by atoms with Crippen LogP contribution < -0.4 is 4.74 Å². The predicted octanol–water partition coefficient (Wildman–Crippen LogP) is 8.32. The Hall–Kier alpha value is -2.28. The van der Waals surface area contributed by atoms with Gasteiger partial charge in [-0.05, 0) is 96.2 Å². The Balaban J connectivity index is 1.81. The first-order valence-corrected chi connectivity index (χ1v) is 12.6. The summed E-state index contributed by atoms with van der Waals surface area (Å²) in [5.41, 5.74) is 10.3. The molecule has 2 aromatic rings. The molecule has 1 nitrogen and oxygen atoms in total. The first kappa shape index (κ1) is 24.4. The number of rotatable bonds is 11. The molecule has 0 aliphatic heterocycles. The van der Waals surface area contributed by atoms with Crippen LogP contribution in [0.5, 0.6) is 5.75 Å². The first-order valence-electron chi connectivity index (χ1n) is 12.6. The Kier molecular flexibility index (Phi) is 8.40. The monoisotopic (exact) mass is 430 g/mol. The minimum absolute atomic E-state index is 0.415. The van der Waals surface area contributed by atoms with E-state index in [1.165, 1.54) is 48.8 Å². The molecule has 0 fully saturated rings. The molecule has 172 valence electrons. The summed E-state index contributed by atoms with van der Waals surface area (Å²) in [5.74, 6) is 0.955. The van der Waals surface area contributed by atoms with Crippen LogP contribution in [0.4, 0.5) is 0 Å². The van der Waals surface area contributed by atoms with Gasteiger partial charge in [0.15, 0.2) is 0 Å². The van der Waals surface area contributed by atoms with E-state index < -0.39 is 0 Å². The van der Waals surface area contributed by atoms with Crippen molar-refractivity contribution in [2.75, 3.05) is 6.61 Å². The van der Waals surface area contributed by atoms with Gasteiger partial charge in [0.1, 0.15) is 12.4 Å². The maximum Gasteiger partial charge on any atom is 0.127 e. The van der Waals surface area contributed by atoms with Crippen molar-refractivity contribution >= 4 is 5.57 Å². The predicted molar refractivity (Wildman–Crippen MR) is 140 cm³/mol. The van der Waals surface area contributed by atoms with Gasteiger partial charge >= 0.3 is 0 Å². The van der Waals surface area contributed by atoms with Crippen molar-refractivity contribution in [1.29, 1.82) is 0 Å². The van der Waals surface area contributed by atoms with Crippen LogP contribution in [0.2, 0.25) is 0 Å². The SMILES string of the molecule is C=CCOc1cc(CCCC)ccc1C(=C)CCc1c(CC)ccc2c1CCC(C)(C)C2. The molecule has 1 aliphatic carbocycles. The van der Waals surface area contributed by atoms with Gasteiger partial charge in [0.25, 0.3) is 0 Å². The maximum atomic E-state index is 6.06. The van der Waals surface area contributed by atoms with Gasteiger partial charge in [-0.1, -0.05) is 77.6 Å². The van der Waals surface area contributed by atoms with Crippen LogP contribution in [-0.2, 0) is 32.1 Å². The number of hydrogen-bond acceptors (Lipinski definition) is 1. The number of aryl methyl sites for hydroxylation is 2. The highest BCUT2D eigenvalue weighted by molar-refractivity contribution is 5.69. The molecule has 1 aliphatic rings. The molecular formula is C31H42O. The van der Waals surface area contributed by atoms with Crippen molar-refractivity contribution in [1.82, 2.24) is 0 Å². The summed E-state index contributed by atoms with van der Waals surface area (Å²) >= 11 is 0. The molecule has 1 heteroatoms. The molecule has 0 heterocycles. The van der Waals surface area contributed by atoms with Crippen molar-refractivity contribution in [3.63, 3.8) is 0 Å². The zero-order chi connectivity index (χ0) is 23.1. The highest BCUT2D eigenvalue weighted by Crippen LogP contribution is 2.38. The van der Waals surface area contributed by atoms with Gasteiger partial charge < -0.3 is 4.74 Å². The van der Waals surface area contributed by atoms with Gasteiger partial charge in [0.2, 0.25) is 0 Å². The summed E-state index contributed by atoms with van der Waals surface area (Å²) in [6.07, 6.45) is 12.1. The summed E-state index contributed by atoms with van der Waals surface area (Å²) in [5, 5.41) is 0. The Morgan fingerprint density at radius 2 is 1.94 bits per heavy atom. The molecule has 32 heavy (non-hydrogen) atoms. The average molecular weight is 431 g/mol. The minimum Gasteiger partial charge on any atom is -0.489 e. The summed E-state index contributed by atoms with van der Waals surface area (Å²) < 4.78 is 6.06. The Morgan fingerprint density at radius 3 is 2.66 bits per heavy atom. The number of hydrogen-bond donors (Lipinski definition) is 0. The van der Waals surface area contributed by atoms with Crippen molar-refractivity contribution in [2.24, 2.45) is 5.41 Å². The van der Waals surface area contributed by atoms with E-state index in [-0.39, 0.29) is 0 Å². The number of unbranched alkanes of at least 4 members (excludes halogenated alkanes) is 1. The topological polar surface area (TPSA) is 9.23 Å². The van der Waals surface area contributed by atoms with Crippen molar-refractivity contribution in [3.8, 4) is 5.75 Å². The van der Waals surface area contributed by atoms with E-state index in [0.29, 0.717) is 12.0 Å². The van der Waals surface area contributed by atoms with Crippen LogP contribution >= 0.6 is 0 Å². The van der Waals surface area contributed by atoms with E-state index >= 15 is 0 Å². The van der Waals surface area contributed by atoms with E-state index in [9.17, 15) is 0 Å². The molecular weight excluding hydrogens is 388 g/mol. The van der Waals surface area contributed by atoms with E-state index in [1.807, 2.05) is 6.08 Å². The Labute approximate surface area is 196 Å². The third kappa shape index (κ3) is 5.94. The highest BCUT2D eigenvalue weighted by Gasteiger charge is 2.27. The van der Waals surface area contributed by atoms with E-state index in [0.717, 1.165) is 37.0 Å². The van der Waals surface area contributed by atoms with Crippen molar-refractivity contribution in [2.45, 2.75) is 85.5 Å². The van der Waals surface area contributed by atoms with Gasteiger partial charge in [-0.2, -0.15) is 0 Å². The van der Waals surface area contributed by atoms with Gasteiger partial charge in [-0.15, -0.1) is 0 Å². The van der Waals surface area contributed by atoms with Gasteiger partial charge in [0, 0.05) is 5.56 Å². The summed E-state index contributed by atoms with van der Waals surface area (Å²) in [7, 11) is 0. The van der Waals surface area contributed by atoms with Crippen LogP contribution in [0.3, 0.4) is 0 Å². The van der Waals surface area contributed by atoms with Crippen LogP contribution in [0, 0.1) is 5.41 Å². The lowest BCUT2D eigenvalue weighted by atomic mass is 9.72. The quantitative estimate of drug-likeness (QED) is 0.326. The number of benzene rings is 2. The fourth-order valence-corrected chi connectivity index (χ4v) is 5.05. The average Bonchev–Trinajstić information content (AvgIpc) is 2.78. The Morgan fingerprint density at radius 1 is 1.12 bits per heavy atom. The molecule has 0 aromatic heterocycles. The van der Waals surface area contributed by atoms with Crippen LogP contribution in [-0.4, -0.2) is 6.61 Å². The second-order valence-corrected chi connectivity index (χ2v) is 10.2. The second kappa shape index (κ2) is 11.0. The molecule has 0 atom stereocenters. The van der Waals surface area contributed by atoms with Gasteiger partial charge in [0.05, 0.1) is 0 Å². The molecule has 0 amide bonds. The molecule has 2 aromatic carbocycles. The molecule has 0 spiro atoms.